The average Bonchev–Trinajstić information content (AvgIpc) is 3.44. The second kappa shape index (κ2) is 9.00. The fraction of sp³-hybridized carbons (Fsp3) is 0.0870. The SMILES string of the molecule is O=C(CCc1nc(-c2cccs2)no1)Nc1cccc(C#Cc2ccccc2)c1. The number of nitrogens with one attached hydrogen (secondary N) is 1. The molecule has 0 aliphatic rings. The second-order valence-electron chi connectivity index (χ2n) is 6.23. The maximum absolute atomic E-state index is 12.3. The highest BCUT2D eigenvalue weighted by atomic mass is 32.1. The number of thiophene rings is 1. The number of hydrogen-bond donors (Lipinski definition) is 1. The van der Waals surface area contributed by atoms with E-state index in [0.29, 0.717) is 23.8 Å². The van der Waals surface area contributed by atoms with Gasteiger partial charge in [0.25, 0.3) is 0 Å². The zero-order chi connectivity index (χ0) is 19.9. The number of benzene rings is 2. The maximum Gasteiger partial charge on any atom is 0.227 e. The van der Waals surface area contributed by atoms with E-state index in [-0.39, 0.29) is 12.3 Å². The number of anilines is 1. The van der Waals surface area contributed by atoms with Crippen LogP contribution in [0.5, 0.6) is 0 Å². The normalized spacial score (nSPS) is 10.2. The van der Waals surface area contributed by atoms with Crippen LogP contribution in [0.3, 0.4) is 0 Å². The first-order valence-corrected chi connectivity index (χ1v) is 9.98. The van der Waals surface area contributed by atoms with Gasteiger partial charge in [-0.25, -0.2) is 0 Å². The van der Waals surface area contributed by atoms with Crippen LogP contribution in [-0.4, -0.2) is 16.0 Å². The Bertz CT molecular complexity index is 1160. The number of aromatic nitrogens is 2. The van der Waals surface area contributed by atoms with E-state index >= 15 is 0 Å². The Morgan fingerprint density at radius 3 is 2.66 bits per heavy atom. The summed E-state index contributed by atoms with van der Waals surface area (Å²) in [7, 11) is 0. The van der Waals surface area contributed by atoms with Crippen LogP contribution in [0.4, 0.5) is 5.69 Å². The number of amides is 1. The maximum atomic E-state index is 12.3. The smallest absolute Gasteiger partial charge is 0.227 e. The van der Waals surface area contributed by atoms with E-state index < -0.39 is 0 Å². The molecule has 0 radical (unpaired) electrons. The summed E-state index contributed by atoms with van der Waals surface area (Å²) in [5.41, 5.74) is 2.49. The minimum absolute atomic E-state index is 0.117. The van der Waals surface area contributed by atoms with Gasteiger partial charge in [0.2, 0.25) is 17.6 Å². The fourth-order valence-corrected chi connectivity index (χ4v) is 3.30. The van der Waals surface area contributed by atoms with Gasteiger partial charge >= 0.3 is 0 Å². The van der Waals surface area contributed by atoms with Gasteiger partial charge in [0.1, 0.15) is 0 Å². The van der Waals surface area contributed by atoms with E-state index in [9.17, 15) is 4.79 Å². The van der Waals surface area contributed by atoms with Gasteiger partial charge in [-0.15, -0.1) is 11.3 Å². The summed E-state index contributed by atoms with van der Waals surface area (Å²) >= 11 is 1.54. The molecule has 5 nitrogen and oxygen atoms in total. The third-order valence-corrected chi connectivity index (χ3v) is 4.91. The molecule has 2 heterocycles. The fourth-order valence-electron chi connectivity index (χ4n) is 2.65. The highest BCUT2D eigenvalue weighted by Gasteiger charge is 2.11. The number of aryl methyl sites for hydroxylation is 1. The average molecular weight is 399 g/mol. The van der Waals surface area contributed by atoms with E-state index in [1.54, 1.807) is 11.3 Å². The number of nitrogens with zero attached hydrogens (tertiary/aromatic N) is 2. The first-order valence-electron chi connectivity index (χ1n) is 9.10. The molecule has 0 bridgehead atoms. The summed E-state index contributed by atoms with van der Waals surface area (Å²) in [6, 6.07) is 21.1. The summed E-state index contributed by atoms with van der Waals surface area (Å²) in [5.74, 6) is 7.12. The van der Waals surface area contributed by atoms with Crippen molar-refractivity contribution in [2.24, 2.45) is 0 Å². The molecule has 142 valence electrons. The first-order chi connectivity index (χ1) is 14.3. The second-order valence-corrected chi connectivity index (χ2v) is 7.18. The lowest BCUT2D eigenvalue weighted by atomic mass is 10.1. The standard InChI is InChI=1S/C23H17N3O2S/c27-21(13-14-22-25-23(26-28-22)20-10-5-15-29-20)24-19-9-4-8-18(16-19)12-11-17-6-2-1-3-7-17/h1-10,15-16H,13-14H2,(H,24,27). The number of carbonyl (C=O) groups excluding carboxylic acids is 1. The van der Waals surface area contributed by atoms with Gasteiger partial charge in [-0.3, -0.25) is 4.79 Å². The molecule has 1 amide bonds. The van der Waals surface area contributed by atoms with Crippen molar-refractivity contribution < 1.29 is 9.32 Å². The molecule has 29 heavy (non-hydrogen) atoms. The van der Waals surface area contributed by atoms with E-state index in [0.717, 1.165) is 16.0 Å². The van der Waals surface area contributed by atoms with E-state index in [2.05, 4.69) is 27.3 Å². The zero-order valence-corrected chi connectivity index (χ0v) is 16.3. The van der Waals surface area contributed by atoms with Crippen molar-refractivity contribution in [2.75, 3.05) is 5.32 Å². The van der Waals surface area contributed by atoms with Gasteiger partial charge in [-0.2, -0.15) is 4.98 Å². The molecule has 4 rings (SSSR count). The van der Waals surface area contributed by atoms with Gasteiger partial charge in [0.05, 0.1) is 4.88 Å². The topological polar surface area (TPSA) is 68.0 Å². The monoisotopic (exact) mass is 399 g/mol. The Morgan fingerprint density at radius 1 is 1.00 bits per heavy atom. The van der Waals surface area contributed by atoms with Gasteiger partial charge in [0.15, 0.2) is 0 Å². The molecule has 2 aromatic carbocycles. The van der Waals surface area contributed by atoms with Crippen molar-refractivity contribution in [1.82, 2.24) is 10.1 Å². The quantitative estimate of drug-likeness (QED) is 0.491. The van der Waals surface area contributed by atoms with Crippen molar-refractivity contribution >= 4 is 22.9 Å². The van der Waals surface area contributed by atoms with Crippen molar-refractivity contribution in [2.45, 2.75) is 12.8 Å². The molecule has 1 N–H and O–H groups in total. The molecule has 0 fully saturated rings. The number of carbonyl (C=O) groups is 1. The van der Waals surface area contributed by atoms with Gasteiger partial charge in [-0.05, 0) is 41.8 Å². The Kier molecular flexibility index (Phi) is 5.79. The Hall–Kier alpha value is -3.69. The van der Waals surface area contributed by atoms with Crippen molar-refractivity contribution in [1.29, 1.82) is 0 Å². The molecule has 0 aliphatic heterocycles. The van der Waals surface area contributed by atoms with E-state index in [1.807, 2.05) is 72.1 Å². The lowest BCUT2D eigenvalue weighted by molar-refractivity contribution is -0.116. The summed E-state index contributed by atoms with van der Waals surface area (Å²) in [4.78, 5) is 17.6. The molecule has 4 aromatic rings. The van der Waals surface area contributed by atoms with Crippen LogP contribution in [0.1, 0.15) is 23.4 Å². The highest BCUT2D eigenvalue weighted by molar-refractivity contribution is 7.13. The van der Waals surface area contributed by atoms with Crippen LogP contribution in [0, 0.1) is 11.8 Å². The summed E-state index contributed by atoms with van der Waals surface area (Å²) in [5, 5.41) is 8.80. The Morgan fingerprint density at radius 2 is 1.83 bits per heavy atom. The van der Waals surface area contributed by atoms with Gasteiger partial charge < -0.3 is 9.84 Å². The summed E-state index contributed by atoms with van der Waals surface area (Å²) in [6.07, 6.45) is 0.643. The van der Waals surface area contributed by atoms with Crippen molar-refractivity contribution in [3.8, 4) is 22.5 Å². The third-order valence-electron chi connectivity index (χ3n) is 4.05. The van der Waals surface area contributed by atoms with Crippen LogP contribution < -0.4 is 5.32 Å². The molecule has 0 saturated heterocycles. The summed E-state index contributed by atoms with van der Waals surface area (Å²) < 4.78 is 5.23. The molecule has 0 spiro atoms. The Balaban J connectivity index is 1.33. The highest BCUT2D eigenvalue weighted by Crippen LogP contribution is 2.21. The van der Waals surface area contributed by atoms with Crippen LogP contribution >= 0.6 is 11.3 Å². The molecule has 0 atom stereocenters. The third kappa shape index (κ3) is 5.18. The number of hydrogen-bond acceptors (Lipinski definition) is 5. The largest absolute Gasteiger partial charge is 0.339 e. The van der Waals surface area contributed by atoms with Crippen LogP contribution in [-0.2, 0) is 11.2 Å². The Labute approximate surface area is 172 Å². The molecule has 2 aromatic heterocycles. The predicted molar refractivity (Wildman–Crippen MR) is 113 cm³/mol. The lowest BCUT2D eigenvalue weighted by Gasteiger charge is -2.04. The molecule has 0 aliphatic carbocycles. The van der Waals surface area contributed by atoms with Gasteiger partial charge in [-0.1, -0.05) is 47.3 Å². The molecular formula is C23H17N3O2S. The minimum Gasteiger partial charge on any atom is -0.339 e. The van der Waals surface area contributed by atoms with Crippen LogP contribution in [0.2, 0.25) is 0 Å². The predicted octanol–water partition coefficient (Wildman–Crippen LogP) is 4.77. The first kappa shape index (κ1) is 18.7. The zero-order valence-electron chi connectivity index (χ0n) is 15.5. The molecule has 0 saturated carbocycles. The van der Waals surface area contributed by atoms with Crippen molar-refractivity contribution in [3.63, 3.8) is 0 Å². The van der Waals surface area contributed by atoms with Crippen LogP contribution in [0.15, 0.2) is 76.6 Å². The van der Waals surface area contributed by atoms with Crippen molar-refractivity contribution in [3.05, 3.63) is 89.1 Å². The molecule has 0 unspecified atom stereocenters. The lowest BCUT2D eigenvalue weighted by Crippen LogP contribution is -2.12. The summed E-state index contributed by atoms with van der Waals surface area (Å²) in [6.45, 7) is 0. The van der Waals surface area contributed by atoms with Gasteiger partial charge in [0, 0.05) is 29.7 Å². The molecular weight excluding hydrogens is 382 g/mol. The molecule has 6 heteroatoms. The van der Waals surface area contributed by atoms with Crippen LogP contribution in [0.25, 0.3) is 10.7 Å². The minimum atomic E-state index is -0.117. The number of rotatable bonds is 5. The van der Waals surface area contributed by atoms with E-state index in [4.69, 9.17) is 4.52 Å². The van der Waals surface area contributed by atoms with E-state index in [1.165, 1.54) is 0 Å².